The second-order valence-electron chi connectivity index (χ2n) is 2.55. The Hall–Kier alpha value is -0.580. The van der Waals surface area contributed by atoms with Crippen molar-refractivity contribution >= 4 is 34.3 Å². The smallest absolute Gasteiger partial charge is 0.327 e. The van der Waals surface area contributed by atoms with Gasteiger partial charge < -0.3 is 10.5 Å². The minimum atomic E-state index is -0.696. The van der Waals surface area contributed by atoms with E-state index in [1.807, 2.05) is 12.1 Å². The Morgan fingerprint density at radius 3 is 2.36 bits per heavy atom. The molecule has 3 nitrogen and oxygen atoms in total. The summed E-state index contributed by atoms with van der Waals surface area (Å²) in [5.41, 5.74) is 6.35. The zero-order valence-electron chi connectivity index (χ0n) is 7.57. The van der Waals surface area contributed by atoms with Crippen molar-refractivity contribution in [2.45, 2.75) is 6.04 Å². The second kappa shape index (κ2) is 6.01. The first kappa shape index (κ1) is 13.4. The summed E-state index contributed by atoms with van der Waals surface area (Å²) >= 11 is 3.29. The number of ether oxygens (including phenoxy) is 1. The van der Waals surface area contributed by atoms with Crippen molar-refractivity contribution in [2.24, 2.45) is 5.73 Å². The fourth-order valence-corrected chi connectivity index (χ4v) is 1.20. The van der Waals surface area contributed by atoms with Crippen molar-refractivity contribution in [3.63, 3.8) is 0 Å². The minimum absolute atomic E-state index is 0. The van der Waals surface area contributed by atoms with Crippen molar-refractivity contribution in [1.82, 2.24) is 0 Å². The van der Waals surface area contributed by atoms with Gasteiger partial charge in [-0.15, -0.1) is 12.4 Å². The molecular weight excluding hydrogens is 269 g/mol. The lowest BCUT2D eigenvalue weighted by molar-refractivity contribution is -0.142. The Bertz CT molecular complexity index is 302. The lowest BCUT2D eigenvalue weighted by atomic mass is 10.1. The Morgan fingerprint density at radius 2 is 1.93 bits per heavy atom. The fraction of sp³-hybridized carbons (Fsp3) is 0.222. The molecule has 1 rings (SSSR count). The number of hydrogen-bond donors (Lipinski definition) is 1. The van der Waals surface area contributed by atoms with E-state index in [-0.39, 0.29) is 12.4 Å². The highest BCUT2D eigenvalue weighted by atomic mass is 79.9. The lowest BCUT2D eigenvalue weighted by Gasteiger charge is -2.08. The maximum atomic E-state index is 11.0. The zero-order valence-corrected chi connectivity index (χ0v) is 9.97. The van der Waals surface area contributed by atoms with Crippen LogP contribution in [0.3, 0.4) is 0 Å². The summed E-state index contributed by atoms with van der Waals surface area (Å²) in [6.07, 6.45) is 0. The molecule has 1 atom stereocenters. The fourth-order valence-electron chi connectivity index (χ4n) is 0.933. The van der Waals surface area contributed by atoms with E-state index < -0.39 is 12.0 Å². The van der Waals surface area contributed by atoms with Crippen LogP contribution >= 0.6 is 28.3 Å². The Kier molecular flexibility index (Phi) is 5.76. The molecule has 0 aliphatic rings. The quantitative estimate of drug-likeness (QED) is 0.844. The Labute approximate surface area is 97.2 Å². The van der Waals surface area contributed by atoms with E-state index in [1.54, 1.807) is 12.1 Å². The van der Waals surface area contributed by atoms with Gasteiger partial charge in [0.2, 0.25) is 0 Å². The number of rotatable bonds is 2. The average Bonchev–Trinajstić information content (AvgIpc) is 2.17. The van der Waals surface area contributed by atoms with Gasteiger partial charge in [-0.3, -0.25) is 4.79 Å². The topological polar surface area (TPSA) is 52.3 Å². The normalized spacial score (nSPS) is 11.4. The van der Waals surface area contributed by atoms with Crippen LogP contribution in [0.25, 0.3) is 0 Å². The molecule has 0 bridgehead atoms. The van der Waals surface area contributed by atoms with Crippen LogP contribution in [-0.4, -0.2) is 13.1 Å². The highest BCUT2D eigenvalue weighted by Crippen LogP contribution is 2.15. The maximum Gasteiger partial charge on any atom is 0.327 e. The second-order valence-corrected chi connectivity index (χ2v) is 3.47. The predicted molar refractivity (Wildman–Crippen MR) is 60.3 cm³/mol. The highest BCUT2D eigenvalue weighted by molar-refractivity contribution is 9.10. The van der Waals surface area contributed by atoms with Gasteiger partial charge in [0.25, 0.3) is 0 Å². The molecule has 0 aliphatic carbocycles. The molecule has 0 aromatic heterocycles. The molecule has 0 aliphatic heterocycles. The van der Waals surface area contributed by atoms with E-state index in [0.29, 0.717) is 0 Å². The van der Waals surface area contributed by atoms with Gasteiger partial charge in [-0.1, -0.05) is 28.1 Å². The van der Waals surface area contributed by atoms with Crippen LogP contribution in [0.15, 0.2) is 28.7 Å². The maximum absolute atomic E-state index is 11.0. The molecule has 1 aromatic rings. The molecule has 14 heavy (non-hydrogen) atoms. The van der Waals surface area contributed by atoms with E-state index in [4.69, 9.17) is 5.73 Å². The van der Waals surface area contributed by atoms with Crippen molar-refractivity contribution in [3.05, 3.63) is 34.3 Å². The van der Waals surface area contributed by atoms with E-state index >= 15 is 0 Å². The molecule has 0 radical (unpaired) electrons. The molecular formula is C9H11BrClNO2. The first-order chi connectivity index (χ1) is 6.15. The molecule has 0 unspecified atom stereocenters. The van der Waals surface area contributed by atoms with E-state index in [9.17, 15) is 4.79 Å². The van der Waals surface area contributed by atoms with E-state index in [1.165, 1.54) is 7.11 Å². The van der Waals surface area contributed by atoms with Crippen LogP contribution in [0, 0.1) is 0 Å². The number of benzene rings is 1. The summed E-state index contributed by atoms with van der Waals surface area (Å²) in [6.45, 7) is 0. The first-order valence-electron chi connectivity index (χ1n) is 3.74. The molecule has 0 heterocycles. The third kappa shape index (κ3) is 3.29. The number of halogens is 2. The number of carbonyl (C=O) groups is 1. The summed E-state index contributed by atoms with van der Waals surface area (Å²) in [6, 6.07) is 6.53. The molecule has 78 valence electrons. The number of carbonyl (C=O) groups excluding carboxylic acids is 1. The molecule has 1 aromatic carbocycles. The molecule has 5 heteroatoms. The SMILES string of the molecule is COC(=O)[C@H](N)c1ccc(Br)cc1.Cl. The first-order valence-corrected chi connectivity index (χ1v) is 4.53. The van der Waals surface area contributed by atoms with Gasteiger partial charge in [-0.2, -0.15) is 0 Å². The van der Waals surface area contributed by atoms with Crippen LogP contribution in [0.4, 0.5) is 0 Å². The molecule has 0 amide bonds. The molecule has 0 saturated heterocycles. The standard InChI is InChI=1S/C9H10BrNO2.ClH/c1-13-9(12)8(11)6-2-4-7(10)5-3-6;/h2-5,8H,11H2,1H3;1H/t8-;/m1./s1. The Morgan fingerprint density at radius 1 is 1.43 bits per heavy atom. The molecule has 0 saturated carbocycles. The third-order valence-corrected chi connectivity index (χ3v) is 2.21. The number of methoxy groups -OCH3 is 1. The van der Waals surface area contributed by atoms with Crippen LogP contribution < -0.4 is 5.73 Å². The van der Waals surface area contributed by atoms with Crippen molar-refractivity contribution in [1.29, 1.82) is 0 Å². The van der Waals surface area contributed by atoms with Crippen LogP contribution in [0.1, 0.15) is 11.6 Å². The van der Waals surface area contributed by atoms with E-state index in [0.717, 1.165) is 10.0 Å². The highest BCUT2D eigenvalue weighted by Gasteiger charge is 2.15. The van der Waals surface area contributed by atoms with Gasteiger partial charge in [0.15, 0.2) is 0 Å². The summed E-state index contributed by atoms with van der Waals surface area (Å²) in [4.78, 5) is 11.0. The summed E-state index contributed by atoms with van der Waals surface area (Å²) in [5.74, 6) is -0.428. The largest absolute Gasteiger partial charge is 0.468 e. The van der Waals surface area contributed by atoms with Gasteiger partial charge in [-0.25, -0.2) is 0 Å². The molecule has 0 spiro atoms. The van der Waals surface area contributed by atoms with Gasteiger partial charge in [0.1, 0.15) is 6.04 Å². The monoisotopic (exact) mass is 279 g/mol. The number of nitrogens with two attached hydrogens (primary N) is 1. The number of hydrogen-bond acceptors (Lipinski definition) is 3. The van der Waals surface area contributed by atoms with Gasteiger partial charge >= 0.3 is 5.97 Å². The van der Waals surface area contributed by atoms with Crippen LogP contribution in [-0.2, 0) is 9.53 Å². The van der Waals surface area contributed by atoms with Crippen molar-refractivity contribution in [2.75, 3.05) is 7.11 Å². The average molecular weight is 281 g/mol. The van der Waals surface area contributed by atoms with Crippen molar-refractivity contribution < 1.29 is 9.53 Å². The summed E-state index contributed by atoms with van der Waals surface area (Å²) in [7, 11) is 1.32. The molecule has 2 N–H and O–H groups in total. The van der Waals surface area contributed by atoms with E-state index in [2.05, 4.69) is 20.7 Å². The Balaban J connectivity index is 0.00000169. The lowest BCUT2D eigenvalue weighted by Crippen LogP contribution is -2.22. The number of esters is 1. The minimum Gasteiger partial charge on any atom is -0.468 e. The van der Waals surface area contributed by atoms with Crippen LogP contribution in [0.2, 0.25) is 0 Å². The van der Waals surface area contributed by atoms with Gasteiger partial charge in [0, 0.05) is 4.47 Å². The van der Waals surface area contributed by atoms with Crippen LogP contribution in [0.5, 0.6) is 0 Å². The van der Waals surface area contributed by atoms with Gasteiger partial charge in [0.05, 0.1) is 7.11 Å². The zero-order chi connectivity index (χ0) is 9.84. The van der Waals surface area contributed by atoms with Crippen molar-refractivity contribution in [3.8, 4) is 0 Å². The predicted octanol–water partition coefficient (Wildman–Crippen LogP) is 2.04. The summed E-state index contributed by atoms with van der Waals surface area (Å²) in [5, 5.41) is 0. The summed E-state index contributed by atoms with van der Waals surface area (Å²) < 4.78 is 5.47. The third-order valence-electron chi connectivity index (χ3n) is 1.68. The van der Waals surface area contributed by atoms with Gasteiger partial charge in [-0.05, 0) is 17.7 Å². The molecule has 0 fully saturated rings.